The second kappa shape index (κ2) is 4.48. The fraction of sp³-hybridized carbons (Fsp3) is 0.400. The molecule has 0 aromatic heterocycles. The third-order valence-electron chi connectivity index (χ3n) is 3.85. The van der Waals surface area contributed by atoms with Gasteiger partial charge in [0.15, 0.2) is 0 Å². The molecule has 2 unspecified atom stereocenters. The average molecular weight is 241 g/mol. The highest BCUT2D eigenvalue weighted by molar-refractivity contribution is 6.13. The van der Waals surface area contributed by atoms with Gasteiger partial charge in [0.2, 0.25) is 5.91 Å². The van der Waals surface area contributed by atoms with Crippen LogP contribution in [0.1, 0.15) is 37.2 Å². The molecule has 3 nitrogen and oxygen atoms in total. The molecular weight excluding hydrogens is 226 g/mol. The molecule has 1 saturated carbocycles. The molecule has 1 aliphatic carbocycles. The quantitative estimate of drug-likeness (QED) is 0.758. The lowest BCUT2D eigenvalue weighted by Gasteiger charge is -2.33. The van der Waals surface area contributed by atoms with Crippen LogP contribution >= 0.6 is 0 Å². The first-order valence-corrected chi connectivity index (χ1v) is 6.43. The van der Waals surface area contributed by atoms with Gasteiger partial charge in [-0.15, -0.1) is 0 Å². The van der Waals surface area contributed by atoms with Crippen LogP contribution in [-0.4, -0.2) is 17.4 Å². The maximum Gasteiger partial charge on any atom is 0.246 e. The van der Waals surface area contributed by atoms with Gasteiger partial charge in [-0.2, -0.15) is 0 Å². The molecule has 92 valence electrons. The summed E-state index contributed by atoms with van der Waals surface area (Å²) in [5, 5.41) is 0. The van der Waals surface area contributed by atoms with Gasteiger partial charge in [-0.3, -0.25) is 9.59 Å². The summed E-state index contributed by atoms with van der Waals surface area (Å²) in [7, 11) is 0. The van der Waals surface area contributed by atoms with Crippen molar-refractivity contribution in [2.24, 2.45) is 10.9 Å². The molecule has 3 rings (SSSR count). The van der Waals surface area contributed by atoms with Gasteiger partial charge in [0.1, 0.15) is 5.78 Å². The molecule has 0 spiro atoms. The number of hydrogen-bond acceptors (Lipinski definition) is 2. The van der Waals surface area contributed by atoms with E-state index in [9.17, 15) is 9.59 Å². The Balaban J connectivity index is 2.02. The van der Waals surface area contributed by atoms with E-state index in [0.29, 0.717) is 12.8 Å². The van der Waals surface area contributed by atoms with E-state index in [0.717, 1.165) is 24.1 Å². The number of aliphatic imine (C=N–C) groups is 1. The normalized spacial score (nSPS) is 27.7. The van der Waals surface area contributed by atoms with E-state index in [1.54, 1.807) is 0 Å². The largest absolute Gasteiger partial charge is 0.299 e. The second-order valence-electron chi connectivity index (χ2n) is 5.02. The topological polar surface area (TPSA) is 46.5 Å². The Hall–Kier alpha value is -1.77. The van der Waals surface area contributed by atoms with Crippen molar-refractivity contribution in [3.8, 4) is 0 Å². The average Bonchev–Trinajstić information content (AvgIpc) is 2.39. The number of carbonyl (C=O) groups is 2. The highest BCUT2D eigenvalue weighted by atomic mass is 16.1. The number of Topliss-reactive ketones (excluding diaryl/α,β-unsaturated/α-hetero) is 1. The number of hydrogen-bond donors (Lipinski definition) is 0. The van der Waals surface area contributed by atoms with Gasteiger partial charge < -0.3 is 0 Å². The summed E-state index contributed by atoms with van der Waals surface area (Å²) in [5.74, 6) is 0.0176. The Morgan fingerprint density at radius 3 is 2.61 bits per heavy atom. The highest BCUT2D eigenvalue weighted by Gasteiger charge is 2.39. The van der Waals surface area contributed by atoms with E-state index in [1.165, 1.54) is 0 Å². The van der Waals surface area contributed by atoms with E-state index in [-0.39, 0.29) is 23.5 Å². The molecule has 1 aromatic carbocycles. The molecule has 1 amide bonds. The van der Waals surface area contributed by atoms with Crippen LogP contribution in [0.3, 0.4) is 0 Å². The van der Waals surface area contributed by atoms with Crippen LogP contribution < -0.4 is 0 Å². The highest BCUT2D eigenvalue weighted by Crippen LogP contribution is 2.37. The van der Waals surface area contributed by atoms with E-state index >= 15 is 0 Å². The molecule has 1 fully saturated rings. The van der Waals surface area contributed by atoms with Gasteiger partial charge in [0, 0.05) is 24.5 Å². The first-order valence-electron chi connectivity index (χ1n) is 6.43. The SMILES string of the molecule is O=C1CC(c2ccccc2)C2C(=O)CCCC2=N1. The van der Waals surface area contributed by atoms with Gasteiger partial charge in [0.05, 0.1) is 5.92 Å². The Morgan fingerprint density at radius 2 is 1.83 bits per heavy atom. The maximum absolute atomic E-state index is 12.1. The Bertz CT molecular complexity index is 519. The smallest absolute Gasteiger partial charge is 0.246 e. The van der Waals surface area contributed by atoms with Crippen molar-refractivity contribution in [3.63, 3.8) is 0 Å². The van der Waals surface area contributed by atoms with E-state index in [4.69, 9.17) is 0 Å². The van der Waals surface area contributed by atoms with E-state index in [2.05, 4.69) is 4.99 Å². The van der Waals surface area contributed by atoms with Gasteiger partial charge >= 0.3 is 0 Å². The van der Waals surface area contributed by atoms with Gasteiger partial charge in [-0.1, -0.05) is 30.3 Å². The Morgan fingerprint density at radius 1 is 1.06 bits per heavy atom. The molecule has 1 aliphatic heterocycles. The second-order valence-corrected chi connectivity index (χ2v) is 5.02. The molecule has 0 saturated heterocycles. The summed E-state index contributed by atoms with van der Waals surface area (Å²) >= 11 is 0. The number of ketones is 1. The zero-order valence-electron chi connectivity index (χ0n) is 10.1. The van der Waals surface area contributed by atoms with Crippen molar-refractivity contribution in [2.75, 3.05) is 0 Å². The van der Waals surface area contributed by atoms with Crippen molar-refractivity contribution < 1.29 is 9.59 Å². The summed E-state index contributed by atoms with van der Waals surface area (Å²) in [6.45, 7) is 0. The first kappa shape index (κ1) is 11.3. The predicted molar refractivity (Wildman–Crippen MR) is 68.6 cm³/mol. The van der Waals surface area contributed by atoms with Gasteiger partial charge in [-0.25, -0.2) is 4.99 Å². The minimum Gasteiger partial charge on any atom is -0.299 e. The van der Waals surface area contributed by atoms with Crippen molar-refractivity contribution in [2.45, 2.75) is 31.6 Å². The summed E-state index contributed by atoms with van der Waals surface area (Å²) < 4.78 is 0. The third-order valence-corrected chi connectivity index (χ3v) is 3.85. The lowest BCUT2D eigenvalue weighted by molar-refractivity contribution is -0.123. The monoisotopic (exact) mass is 241 g/mol. The molecule has 18 heavy (non-hydrogen) atoms. The van der Waals surface area contributed by atoms with Crippen molar-refractivity contribution in [3.05, 3.63) is 35.9 Å². The zero-order chi connectivity index (χ0) is 12.5. The fourth-order valence-electron chi connectivity index (χ4n) is 3.04. The summed E-state index contributed by atoms with van der Waals surface area (Å²) in [5.41, 5.74) is 1.90. The van der Waals surface area contributed by atoms with Crippen LogP contribution in [0, 0.1) is 5.92 Å². The molecular formula is C15H15NO2. The number of carbonyl (C=O) groups excluding carboxylic acids is 2. The minimum atomic E-state index is -0.154. The van der Waals surface area contributed by atoms with Crippen LogP contribution in [0.2, 0.25) is 0 Å². The summed E-state index contributed by atoms with van der Waals surface area (Å²) in [6.07, 6.45) is 2.62. The van der Waals surface area contributed by atoms with Crippen LogP contribution in [-0.2, 0) is 9.59 Å². The number of fused-ring (bicyclic) bond motifs is 1. The fourth-order valence-corrected chi connectivity index (χ4v) is 3.04. The van der Waals surface area contributed by atoms with Crippen molar-refractivity contribution in [1.29, 1.82) is 0 Å². The van der Waals surface area contributed by atoms with Gasteiger partial charge in [0.25, 0.3) is 0 Å². The lowest BCUT2D eigenvalue weighted by Crippen LogP contribution is -2.38. The van der Waals surface area contributed by atoms with E-state index in [1.807, 2.05) is 30.3 Å². The Kier molecular flexibility index (Phi) is 2.82. The molecule has 1 aromatic rings. The molecule has 3 heteroatoms. The van der Waals surface area contributed by atoms with Crippen LogP contribution in [0.5, 0.6) is 0 Å². The minimum absolute atomic E-state index is 0.000926. The first-order chi connectivity index (χ1) is 8.75. The molecule has 0 bridgehead atoms. The molecule has 2 atom stereocenters. The third kappa shape index (κ3) is 1.90. The standard InChI is InChI=1S/C15H15NO2/c17-13-8-4-7-12-15(13)11(9-14(18)16-12)10-5-2-1-3-6-10/h1-3,5-6,11,15H,4,7-9H2. The van der Waals surface area contributed by atoms with Crippen LogP contribution in [0.4, 0.5) is 0 Å². The molecule has 0 N–H and O–H groups in total. The number of nitrogens with zero attached hydrogens (tertiary/aromatic N) is 1. The number of benzene rings is 1. The van der Waals surface area contributed by atoms with Gasteiger partial charge in [-0.05, 0) is 18.4 Å². The number of rotatable bonds is 1. The van der Waals surface area contributed by atoms with E-state index < -0.39 is 0 Å². The van der Waals surface area contributed by atoms with Crippen molar-refractivity contribution in [1.82, 2.24) is 0 Å². The maximum atomic E-state index is 12.1. The lowest BCUT2D eigenvalue weighted by atomic mass is 9.71. The molecule has 0 radical (unpaired) electrons. The summed E-state index contributed by atoms with van der Waals surface area (Å²) in [4.78, 5) is 27.9. The molecule has 2 aliphatic rings. The Labute approximate surface area is 106 Å². The van der Waals surface area contributed by atoms with Crippen LogP contribution in [0.15, 0.2) is 35.3 Å². The number of amides is 1. The molecule has 1 heterocycles. The summed E-state index contributed by atoms with van der Waals surface area (Å²) in [6, 6.07) is 9.87. The predicted octanol–water partition coefficient (Wildman–Crippen LogP) is 2.51. The van der Waals surface area contributed by atoms with Crippen molar-refractivity contribution >= 4 is 17.4 Å². The van der Waals surface area contributed by atoms with Crippen LogP contribution in [0.25, 0.3) is 0 Å². The zero-order valence-corrected chi connectivity index (χ0v) is 10.1.